The van der Waals surface area contributed by atoms with Gasteiger partial charge in [-0.1, -0.05) is 19.1 Å². The summed E-state index contributed by atoms with van der Waals surface area (Å²) in [4.78, 5) is 23.5. The fourth-order valence-corrected chi connectivity index (χ4v) is 3.12. The molecule has 0 unspecified atom stereocenters. The fraction of sp³-hybridized carbons (Fsp3) is 0.556. The number of hydrogen-bond acceptors (Lipinski definition) is 4. The minimum Gasteiger partial charge on any atom is -0.462 e. The van der Waals surface area contributed by atoms with Crippen molar-refractivity contribution < 1.29 is 14.3 Å². The third kappa shape index (κ3) is 3.55. The van der Waals surface area contributed by atoms with Gasteiger partial charge in [0.1, 0.15) is 6.29 Å². The predicted octanol–water partition coefficient (Wildman–Crippen LogP) is 2.84. The molecule has 1 aromatic rings. The summed E-state index contributed by atoms with van der Waals surface area (Å²) >= 11 is 0. The van der Waals surface area contributed by atoms with Crippen LogP contribution in [0.4, 0.5) is 0 Å². The number of aldehydes is 1. The van der Waals surface area contributed by atoms with Crippen molar-refractivity contribution in [3.63, 3.8) is 0 Å². The molecule has 22 heavy (non-hydrogen) atoms. The number of ether oxygens (including phenoxy) is 1. The van der Waals surface area contributed by atoms with Crippen LogP contribution < -0.4 is 5.73 Å². The Labute approximate surface area is 132 Å². The highest BCUT2D eigenvalue weighted by atomic mass is 16.5. The molecule has 0 aliphatic heterocycles. The molecule has 2 N–H and O–H groups in total. The van der Waals surface area contributed by atoms with Crippen LogP contribution in [-0.4, -0.2) is 25.4 Å². The van der Waals surface area contributed by atoms with E-state index < -0.39 is 5.41 Å². The zero-order valence-electron chi connectivity index (χ0n) is 13.2. The highest BCUT2D eigenvalue weighted by Crippen LogP contribution is 2.39. The van der Waals surface area contributed by atoms with E-state index in [0.29, 0.717) is 24.6 Å². The lowest BCUT2D eigenvalue weighted by Gasteiger charge is -2.36. The number of hydrogen-bond donors (Lipinski definition) is 1. The Hall–Kier alpha value is -1.68. The third-order valence-corrected chi connectivity index (χ3v) is 4.69. The first-order valence-electron chi connectivity index (χ1n) is 8.09. The zero-order chi connectivity index (χ0) is 16.0. The van der Waals surface area contributed by atoms with Crippen LogP contribution in [0.2, 0.25) is 0 Å². The molecule has 0 spiro atoms. The fourth-order valence-electron chi connectivity index (χ4n) is 3.12. The van der Waals surface area contributed by atoms with Crippen LogP contribution in [0, 0.1) is 5.92 Å². The molecule has 0 aromatic heterocycles. The second kappa shape index (κ2) is 7.54. The summed E-state index contributed by atoms with van der Waals surface area (Å²) in [6.45, 7) is 3.08. The molecule has 0 radical (unpaired) electrons. The molecular formula is C18H25NO3. The molecule has 1 fully saturated rings. The molecule has 120 valence electrons. The van der Waals surface area contributed by atoms with Gasteiger partial charge >= 0.3 is 5.97 Å². The highest BCUT2D eigenvalue weighted by molar-refractivity contribution is 5.89. The van der Waals surface area contributed by atoms with Crippen LogP contribution in [0.3, 0.4) is 0 Å². The van der Waals surface area contributed by atoms with Gasteiger partial charge in [0.05, 0.1) is 17.6 Å². The van der Waals surface area contributed by atoms with Gasteiger partial charge in [0.15, 0.2) is 0 Å². The van der Waals surface area contributed by atoms with Crippen molar-refractivity contribution in [3.05, 3.63) is 35.4 Å². The van der Waals surface area contributed by atoms with Crippen molar-refractivity contribution in [2.45, 2.75) is 44.4 Å². The number of benzene rings is 1. The Bertz CT molecular complexity index is 502. The number of rotatable bonds is 6. The first-order valence-corrected chi connectivity index (χ1v) is 8.09. The second-order valence-electron chi connectivity index (χ2n) is 6.17. The van der Waals surface area contributed by atoms with Gasteiger partial charge in [-0.2, -0.15) is 0 Å². The highest BCUT2D eigenvalue weighted by Gasteiger charge is 2.36. The molecule has 1 aromatic carbocycles. The molecule has 1 aliphatic rings. The lowest BCUT2D eigenvalue weighted by Crippen LogP contribution is -2.35. The molecule has 1 saturated carbocycles. The van der Waals surface area contributed by atoms with Crippen LogP contribution >= 0.6 is 0 Å². The number of nitrogens with two attached hydrogens (primary N) is 1. The molecule has 0 bridgehead atoms. The Morgan fingerprint density at radius 2 is 1.95 bits per heavy atom. The molecule has 0 amide bonds. The summed E-state index contributed by atoms with van der Waals surface area (Å²) in [5.74, 6) is 0.219. The lowest BCUT2D eigenvalue weighted by atomic mass is 9.67. The van der Waals surface area contributed by atoms with Gasteiger partial charge in [0.2, 0.25) is 0 Å². The number of carbonyl (C=O) groups is 2. The summed E-state index contributed by atoms with van der Waals surface area (Å²) < 4.78 is 5.12. The Kier molecular flexibility index (Phi) is 5.72. The van der Waals surface area contributed by atoms with Gasteiger partial charge < -0.3 is 15.3 Å². The predicted molar refractivity (Wildman–Crippen MR) is 85.8 cm³/mol. The van der Waals surface area contributed by atoms with E-state index >= 15 is 0 Å². The van der Waals surface area contributed by atoms with E-state index in [9.17, 15) is 9.59 Å². The summed E-state index contributed by atoms with van der Waals surface area (Å²) in [6.07, 6.45) is 5.51. The van der Waals surface area contributed by atoms with E-state index in [1.807, 2.05) is 19.1 Å². The van der Waals surface area contributed by atoms with Crippen molar-refractivity contribution >= 4 is 12.3 Å². The maximum absolute atomic E-state index is 11.8. The molecule has 0 atom stereocenters. The van der Waals surface area contributed by atoms with Crippen LogP contribution in [0.1, 0.15) is 54.9 Å². The summed E-state index contributed by atoms with van der Waals surface area (Å²) in [7, 11) is 0. The Morgan fingerprint density at radius 1 is 1.32 bits per heavy atom. The smallest absolute Gasteiger partial charge is 0.338 e. The van der Waals surface area contributed by atoms with Crippen molar-refractivity contribution in [3.8, 4) is 0 Å². The summed E-state index contributed by atoms with van der Waals surface area (Å²) in [6, 6.07) is 7.29. The Balaban J connectivity index is 2.11. The van der Waals surface area contributed by atoms with Crippen LogP contribution in [-0.2, 0) is 14.9 Å². The van der Waals surface area contributed by atoms with E-state index in [-0.39, 0.29) is 5.97 Å². The third-order valence-electron chi connectivity index (χ3n) is 4.69. The lowest BCUT2D eigenvalue weighted by molar-refractivity contribution is -0.114. The molecular weight excluding hydrogens is 278 g/mol. The summed E-state index contributed by atoms with van der Waals surface area (Å²) in [5.41, 5.74) is 6.83. The SMILES string of the molecule is CCCOC(=O)c1ccc(C2(C=O)CCC(CN)CC2)cc1. The molecule has 4 heteroatoms. The molecule has 2 rings (SSSR count). The van der Waals surface area contributed by atoms with Crippen molar-refractivity contribution in [2.75, 3.05) is 13.2 Å². The van der Waals surface area contributed by atoms with Crippen LogP contribution in [0.5, 0.6) is 0 Å². The topological polar surface area (TPSA) is 69.4 Å². The van der Waals surface area contributed by atoms with E-state index in [1.54, 1.807) is 12.1 Å². The van der Waals surface area contributed by atoms with Gasteiger partial charge in [0, 0.05) is 0 Å². The average molecular weight is 303 g/mol. The molecule has 4 nitrogen and oxygen atoms in total. The maximum Gasteiger partial charge on any atom is 0.338 e. The van der Waals surface area contributed by atoms with Crippen LogP contribution in [0.25, 0.3) is 0 Å². The number of carbonyl (C=O) groups excluding carboxylic acids is 2. The van der Waals surface area contributed by atoms with E-state index in [2.05, 4.69) is 0 Å². The Morgan fingerprint density at radius 3 is 2.45 bits per heavy atom. The van der Waals surface area contributed by atoms with Gasteiger partial charge in [-0.3, -0.25) is 0 Å². The summed E-state index contributed by atoms with van der Waals surface area (Å²) in [5, 5.41) is 0. The molecule has 0 heterocycles. The molecule has 0 saturated heterocycles. The van der Waals surface area contributed by atoms with E-state index in [0.717, 1.165) is 44.0 Å². The van der Waals surface area contributed by atoms with Crippen LogP contribution in [0.15, 0.2) is 24.3 Å². The number of esters is 1. The van der Waals surface area contributed by atoms with Crippen molar-refractivity contribution in [1.82, 2.24) is 0 Å². The van der Waals surface area contributed by atoms with Gasteiger partial charge in [0.25, 0.3) is 0 Å². The monoisotopic (exact) mass is 303 g/mol. The normalized spacial score (nSPS) is 24.7. The first kappa shape index (κ1) is 16.7. The van der Waals surface area contributed by atoms with Crippen molar-refractivity contribution in [2.24, 2.45) is 11.7 Å². The zero-order valence-corrected chi connectivity index (χ0v) is 13.2. The molecule has 1 aliphatic carbocycles. The van der Waals surface area contributed by atoms with E-state index in [1.165, 1.54) is 0 Å². The van der Waals surface area contributed by atoms with Gasteiger partial charge in [-0.05, 0) is 62.3 Å². The minimum absolute atomic E-state index is 0.305. The standard InChI is InChI=1S/C18H25NO3/c1-2-11-22-17(21)15-3-5-16(6-4-15)18(13-20)9-7-14(12-19)8-10-18/h3-6,13-14H,2,7-12,19H2,1H3. The largest absolute Gasteiger partial charge is 0.462 e. The second-order valence-corrected chi connectivity index (χ2v) is 6.17. The van der Waals surface area contributed by atoms with E-state index in [4.69, 9.17) is 10.5 Å². The minimum atomic E-state index is -0.419. The van der Waals surface area contributed by atoms with Gasteiger partial charge in [-0.15, -0.1) is 0 Å². The quantitative estimate of drug-likeness (QED) is 0.648. The van der Waals surface area contributed by atoms with Gasteiger partial charge in [-0.25, -0.2) is 4.79 Å². The average Bonchev–Trinajstić information content (AvgIpc) is 2.59. The maximum atomic E-state index is 11.8. The van der Waals surface area contributed by atoms with Crippen molar-refractivity contribution in [1.29, 1.82) is 0 Å². The first-order chi connectivity index (χ1) is 10.6.